The van der Waals surface area contributed by atoms with Gasteiger partial charge in [-0.1, -0.05) is 0 Å². The van der Waals surface area contributed by atoms with Crippen molar-refractivity contribution in [2.75, 3.05) is 24.5 Å². The summed E-state index contributed by atoms with van der Waals surface area (Å²) in [5.41, 5.74) is 0.922. The molecule has 29 heavy (non-hydrogen) atoms. The zero-order valence-corrected chi connectivity index (χ0v) is 18.9. The van der Waals surface area contributed by atoms with Crippen LogP contribution in [0.2, 0.25) is 0 Å². The quantitative estimate of drug-likeness (QED) is 0.723. The van der Waals surface area contributed by atoms with Gasteiger partial charge in [0, 0.05) is 37.1 Å². The van der Waals surface area contributed by atoms with Crippen molar-refractivity contribution in [3.63, 3.8) is 0 Å². The molecule has 1 heterocycles. The molecule has 0 aromatic heterocycles. The van der Waals surface area contributed by atoms with Crippen molar-refractivity contribution in [3.05, 3.63) is 29.6 Å². The van der Waals surface area contributed by atoms with E-state index >= 15 is 0 Å². The number of hydrogen-bond donors (Lipinski definition) is 1. The average Bonchev–Trinajstić information content (AvgIpc) is 3.04. The van der Waals surface area contributed by atoms with Crippen LogP contribution in [0, 0.1) is 11.7 Å². The van der Waals surface area contributed by atoms with Crippen LogP contribution in [-0.2, 0) is 15.7 Å². The van der Waals surface area contributed by atoms with E-state index in [9.17, 15) is 13.4 Å². The summed E-state index contributed by atoms with van der Waals surface area (Å²) in [6.45, 7) is 13.0. The third-order valence-electron chi connectivity index (χ3n) is 4.36. The van der Waals surface area contributed by atoms with E-state index in [0.717, 1.165) is 25.2 Å². The van der Waals surface area contributed by atoms with E-state index < -0.39 is 27.4 Å². The van der Waals surface area contributed by atoms with Crippen LogP contribution in [0.3, 0.4) is 0 Å². The van der Waals surface area contributed by atoms with Crippen LogP contribution in [0.1, 0.15) is 53.5 Å². The average molecular weight is 426 g/mol. The molecule has 1 aliphatic heterocycles. The SMILES string of the molecule is CC(C)(C)OC(=O)NC[C@@H]1CCN(c2ccc(F)cc2/C=N/[S@](=O)C(C)(C)C)C1. The molecule has 162 valence electrons. The molecule has 0 saturated carbocycles. The second-order valence-electron chi connectivity index (χ2n) is 9.28. The molecule has 1 N–H and O–H groups in total. The van der Waals surface area contributed by atoms with E-state index in [1.54, 1.807) is 6.07 Å². The molecule has 1 amide bonds. The van der Waals surface area contributed by atoms with Crippen LogP contribution >= 0.6 is 0 Å². The molecule has 1 aromatic rings. The number of anilines is 1. The second kappa shape index (κ2) is 9.24. The Balaban J connectivity index is 2.03. The van der Waals surface area contributed by atoms with Gasteiger partial charge in [-0.05, 0) is 72.1 Å². The van der Waals surface area contributed by atoms with Gasteiger partial charge in [-0.25, -0.2) is 13.4 Å². The molecule has 2 rings (SSSR count). The lowest BCUT2D eigenvalue weighted by Gasteiger charge is -2.22. The molecular formula is C21H32FN3O3S. The summed E-state index contributed by atoms with van der Waals surface area (Å²) in [4.78, 5) is 14.0. The largest absolute Gasteiger partial charge is 0.444 e. The van der Waals surface area contributed by atoms with Crippen molar-refractivity contribution in [1.29, 1.82) is 0 Å². The van der Waals surface area contributed by atoms with Crippen molar-refractivity contribution in [2.24, 2.45) is 10.3 Å². The first-order valence-electron chi connectivity index (χ1n) is 9.82. The second-order valence-corrected chi connectivity index (χ2v) is 11.2. The number of benzene rings is 1. The number of alkyl carbamates (subject to hydrolysis) is 1. The molecule has 6 nitrogen and oxygen atoms in total. The molecule has 2 atom stereocenters. The molecular weight excluding hydrogens is 393 g/mol. The van der Waals surface area contributed by atoms with Crippen LogP contribution in [-0.4, -0.2) is 46.5 Å². The summed E-state index contributed by atoms with van der Waals surface area (Å²) in [5, 5.41) is 2.82. The van der Waals surface area contributed by atoms with Crippen molar-refractivity contribution < 1.29 is 18.1 Å². The Bertz CT molecular complexity index is 784. The maximum Gasteiger partial charge on any atom is 0.407 e. The van der Waals surface area contributed by atoms with E-state index in [-0.39, 0.29) is 11.7 Å². The maximum absolute atomic E-state index is 13.8. The molecule has 8 heteroatoms. The molecule has 1 aromatic carbocycles. The van der Waals surface area contributed by atoms with Gasteiger partial charge in [-0.15, -0.1) is 0 Å². The highest BCUT2D eigenvalue weighted by Crippen LogP contribution is 2.27. The van der Waals surface area contributed by atoms with Gasteiger partial charge in [-0.3, -0.25) is 0 Å². The minimum absolute atomic E-state index is 0.265. The van der Waals surface area contributed by atoms with Gasteiger partial charge < -0.3 is 15.0 Å². The van der Waals surface area contributed by atoms with Crippen molar-refractivity contribution in [3.8, 4) is 0 Å². The molecule has 1 saturated heterocycles. The fraction of sp³-hybridized carbons (Fsp3) is 0.619. The summed E-state index contributed by atoms with van der Waals surface area (Å²) in [6, 6.07) is 4.55. The van der Waals surface area contributed by atoms with E-state index in [2.05, 4.69) is 14.6 Å². The Labute approximate surface area is 175 Å². The van der Waals surface area contributed by atoms with Gasteiger partial charge in [0.2, 0.25) is 0 Å². The van der Waals surface area contributed by atoms with E-state index in [1.165, 1.54) is 18.3 Å². The Kier molecular flexibility index (Phi) is 7.43. The minimum Gasteiger partial charge on any atom is -0.444 e. The predicted molar refractivity (Wildman–Crippen MR) is 116 cm³/mol. The fourth-order valence-corrected chi connectivity index (χ4v) is 3.46. The lowest BCUT2D eigenvalue weighted by atomic mass is 10.1. The van der Waals surface area contributed by atoms with Gasteiger partial charge in [0.25, 0.3) is 0 Å². The van der Waals surface area contributed by atoms with Crippen molar-refractivity contribution in [2.45, 2.75) is 58.3 Å². The first-order valence-corrected chi connectivity index (χ1v) is 10.9. The Morgan fingerprint density at radius 1 is 1.34 bits per heavy atom. The first kappa shape index (κ1) is 23.3. The first-order chi connectivity index (χ1) is 13.3. The zero-order chi connectivity index (χ0) is 21.8. The maximum atomic E-state index is 13.8. The molecule has 1 aliphatic rings. The standard InChI is InChI=1S/C21H32FN3O3S/c1-20(2,3)28-19(26)23-12-15-9-10-25(14-15)18-8-7-17(22)11-16(18)13-24-29(27)21(4,5)6/h7-8,11,13,15H,9-10,12,14H2,1-6H3,(H,23,26)/b24-13+/t15-,29+/m0/s1. The number of carbonyl (C=O) groups is 1. The highest BCUT2D eigenvalue weighted by atomic mass is 32.2. The number of nitrogens with one attached hydrogen (secondary N) is 1. The smallest absolute Gasteiger partial charge is 0.407 e. The highest BCUT2D eigenvalue weighted by molar-refractivity contribution is 7.85. The molecule has 0 bridgehead atoms. The van der Waals surface area contributed by atoms with Crippen LogP contribution in [0.15, 0.2) is 22.6 Å². The van der Waals surface area contributed by atoms with Gasteiger partial charge in [0.1, 0.15) is 22.4 Å². The fourth-order valence-electron chi connectivity index (χ4n) is 2.94. The third kappa shape index (κ3) is 7.42. The van der Waals surface area contributed by atoms with Gasteiger partial charge in [-0.2, -0.15) is 4.40 Å². The Morgan fingerprint density at radius 2 is 2.03 bits per heavy atom. The predicted octanol–water partition coefficient (Wildman–Crippen LogP) is 4.06. The van der Waals surface area contributed by atoms with Crippen LogP contribution in [0.25, 0.3) is 0 Å². The topological polar surface area (TPSA) is 71.0 Å². The molecule has 0 aliphatic carbocycles. The number of nitrogens with zero attached hydrogens (tertiary/aromatic N) is 2. The highest BCUT2D eigenvalue weighted by Gasteiger charge is 2.26. The normalized spacial score (nSPS) is 18.9. The minimum atomic E-state index is -1.41. The Morgan fingerprint density at radius 3 is 2.66 bits per heavy atom. The van der Waals surface area contributed by atoms with Gasteiger partial charge in [0.05, 0.1) is 4.75 Å². The molecule has 1 fully saturated rings. The summed E-state index contributed by atoms with van der Waals surface area (Å²) in [6.07, 6.45) is 1.97. The number of amides is 1. The molecule has 0 spiro atoms. The van der Waals surface area contributed by atoms with Crippen molar-refractivity contribution in [1.82, 2.24) is 5.32 Å². The third-order valence-corrected chi connectivity index (χ3v) is 5.71. The Hall–Kier alpha value is -1.96. The number of carbonyl (C=O) groups excluding carboxylic acids is 1. The van der Waals surface area contributed by atoms with E-state index in [4.69, 9.17) is 4.74 Å². The summed E-state index contributed by atoms with van der Waals surface area (Å²) in [5.74, 6) is -0.0971. The van der Waals surface area contributed by atoms with Crippen molar-refractivity contribution >= 4 is 29.0 Å². The molecule has 0 radical (unpaired) electrons. The van der Waals surface area contributed by atoms with Crippen LogP contribution in [0.5, 0.6) is 0 Å². The van der Waals surface area contributed by atoms with Gasteiger partial charge >= 0.3 is 6.09 Å². The lowest BCUT2D eigenvalue weighted by Crippen LogP contribution is -2.36. The number of halogens is 1. The molecule has 0 unspecified atom stereocenters. The van der Waals surface area contributed by atoms with Crippen LogP contribution < -0.4 is 10.2 Å². The zero-order valence-electron chi connectivity index (χ0n) is 18.1. The van der Waals surface area contributed by atoms with E-state index in [0.29, 0.717) is 12.1 Å². The summed E-state index contributed by atoms with van der Waals surface area (Å²) < 4.78 is 34.9. The number of ether oxygens (including phenoxy) is 1. The lowest BCUT2D eigenvalue weighted by molar-refractivity contribution is 0.0520. The van der Waals surface area contributed by atoms with Gasteiger partial charge in [0.15, 0.2) is 0 Å². The summed E-state index contributed by atoms with van der Waals surface area (Å²) >= 11 is 0. The number of hydrogen-bond acceptors (Lipinski definition) is 4. The van der Waals surface area contributed by atoms with Crippen LogP contribution in [0.4, 0.5) is 14.9 Å². The monoisotopic (exact) mass is 425 g/mol. The number of rotatable bonds is 5. The van der Waals surface area contributed by atoms with E-state index in [1.807, 2.05) is 41.5 Å². The summed E-state index contributed by atoms with van der Waals surface area (Å²) in [7, 11) is -1.41.